The molecule has 0 bridgehead atoms. The minimum atomic E-state index is -4.17. The molecule has 4 aromatic rings. The molecule has 0 saturated heterocycles. The van der Waals surface area contributed by atoms with Crippen LogP contribution in [0.4, 0.5) is 10.8 Å². The Bertz CT molecular complexity index is 1470. The van der Waals surface area contributed by atoms with Crippen LogP contribution in [0.1, 0.15) is 15.9 Å². The number of methoxy groups -OCH3 is 1. The number of benzene rings is 3. The second kappa shape index (κ2) is 10.3. The summed E-state index contributed by atoms with van der Waals surface area (Å²) in [6.45, 7) is 1.91. The van der Waals surface area contributed by atoms with Crippen LogP contribution in [0.2, 0.25) is 5.02 Å². The monoisotopic (exact) mass is 530 g/mol. The van der Waals surface area contributed by atoms with Gasteiger partial charge in [0.2, 0.25) is 5.13 Å². The third-order valence-electron chi connectivity index (χ3n) is 4.65. The standard InChI is InChI=1S/C23H19ClN4O5S2/c1-14-7-9-15(10-8-14)21(29)25-22-26-27-23(34-22)35(30,31)28-17-13-16(24)11-12-18(17)33-20-6-4-3-5-19(20)32-2/h3-13,28H,1-2H3,(H,25,26,29). The van der Waals surface area contributed by atoms with E-state index in [0.29, 0.717) is 33.4 Å². The maximum atomic E-state index is 13.0. The predicted octanol–water partition coefficient (Wildman–Crippen LogP) is 5.35. The number of nitrogens with zero attached hydrogens (tertiary/aromatic N) is 2. The van der Waals surface area contributed by atoms with E-state index in [4.69, 9.17) is 21.1 Å². The van der Waals surface area contributed by atoms with Crippen LogP contribution in [0.15, 0.2) is 71.1 Å². The number of hydrogen-bond acceptors (Lipinski definition) is 8. The highest BCUT2D eigenvalue weighted by Crippen LogP contribution is 2.37. The van der Waals surface area contributed by atoms with Crippen LogP contribution in [0.25, 0.3) is 0 Å². The fourth-order valence-corrected chi connectivity index (χ4v) is 5.05. The van der Waals surface area contributed by atoms with Crippen LogP contribution in [0.3, 0.4) is 0 Å². The van der Waals surface area contributed by atoms with Crippen molar-refractivity contribution in [2.24, 2.45) is 0 Å². The van der Waals surface area contributed by atoms with Crippen LogP contribution < -0.4 is 19.5 Å². The Hall–Kier alpha value is -3.67. The molecule has 2 N–H and O–H groups in total. The second-order valence-corrected chi connectivity index (χ2v) is 10.5. The van der Waals surface area contributed by atoms with Crippen molar-refractivity contribution in [1.29, 1.82) is 0 Å². The third kappa shape index (κ3) is 5.88. The SMILES string of the molecule is COc1ccccc1Oc1ccc(Cl)cc1NS(=O)(=O)c1nnc(NC(=O)c2ccc(C)cc2)s1. The number of para-hydroxylation sites is 2. The minimum Gasteiger partial charge on any atom is -0.493 e. The molecule has 0 aliphatic heterocycles. The Morgan fingerprint density at radius 1 is 0.971 bits per heavy atom. The Balaban J connectivity index is 1.55. The quantitative estimate of drug-likeness (QED) is 0.294. The van der Waals surface area contributed by atoms with Gasteiger partial charge in [-0.2, -0.15) is 8.42 Å². The average Bonchev–Trinajstić information content (AvgIpc) is 3.31. The summed E-state index contributed by atoms with van der Waals surface area (Å²) in [6.07, 6.45) is 0. The lowest BCUT2D eigenvalue weighted by molar-refractivity contribution is 0.102. The van der Waals surface area contributed by atoms with Crippen LogP contribution in [-0.4, -0.2) is 31.6 Å². The summed E-state index contributed by atoms with van der Waals surface area (Å²) in [5.74, 6) is 0.615. The number of carbonyl (C=O) groups excluding carboxylic acids is 1. The van der Waals surface area contributed by atoms with E-state index in [-0.39, 0.29) is 20.9 Å². The van der Waals surface area contributed by atoms with Crippen LogP contribution in [0, 0.1) is 6.92 Å². The van der Waals surface area contributed by atoms with Crippen molar-refractivity contribution in [3.05, 3.63) is 82.9 Å². The number of aryl methyl sites for hydroxylation is 1. The molecule has 0 spiro atoms. The Labute approximate surface area is 210 Å². The topological polar surface area (TPSA) is 120 Å². The molecule has 0 atom stereocenters. The number of sulfonamides is 1. The van der Waals surface area contributed by atoms with E-state index in [1.807, 2.05) is 6.92 Å². The fraction of sp³-hybridized carbons (Fsp3) is 0.0870. The first-order valence-corrected chi connectivity index (χ1v) is 12.8. The van der Waals surface area contributed by atoms with Crippen LogP contribution >= 0.6 is 22.9 Å². The third-order valence-corrected chi connectivity index (χ3v) is 7.45. The van der Waals surface area contributed by atoms with Gasteiger partial charge in [0.25, 0.3) is 20.3 Å². The molecule has 12 heteroatoms. The Morgan fingerprint density at radius 3 is 2.40 bits per heavy atom. The molecule has 35 heavy (non-hydrogen) atoms. The summed E-state index contributed by atoms with van der Waals surface area (Å²) in [4.78, 5) is 12.4. The van der Waals surface area contributed by atoms with E-state index in [2.05, 4.69) is 20.2 Å². The van der Waals surface area contributed by atoms with E-state index >= 15 is 0 Å². The van der Waals surface area contributed by atoms with Crippen molar-refractivity contribution in [1.82, 2.24) is 10.2 Å². The number of anilines is 2. The molecule has 0 unspecified atom stereocenters. The highest BCUT2D eigenvalue weighted by Gasteiger charge is 2.23. The van der Waals surface area contributed by atoms with E-state index in [0.717, 1.165) is 5.56 Å². The van der Waals surface area contributed by atoms with Crippen LogP contribution in [0.5, 0.6) is 17.2 Å². The van der Waals surface area contributed by atoms with Gasteiger partial charge in [-0.25, -0.2) is 0 Å². The first kappa shape index (κ1) is 24.5. The van der Waals surface area contributed by atoms with E-state index < -0.39 is 15.9 Å². The zero-order chi connectivity index (χ0) is 25.0. The van der Waals surface area contributed by atoms with Gasteiger partial charge in [0.05, 0.1) is 12.8 Å². The number of halogens is 1. The smallest absolute Gasteiger partial charge is 0.291 e. The molecule has 1 aromatic heterocycles. The summed E-state index contributed by atoms with van der Waals surface area (Å²) in [6, 6.07) is 18.3. The average molecular weight is 531 g/mol. The van der Waals surface area contributed by atoms with E-state index in [1.165, 1.54) is 19.2 Å². The zero-order valence-electron chi connectivity index (χ0n) is 18.5. The largest absolute Gasteiger partial charge is 0.493 e. The highest BCUT2D eigenvalue weighted by molar-refractivity contribution is 7.94. The van der Waals surface area contributed by atoms with Gasteiger partial charge in [0.15, 0.2) is 17.2 Å². The molecule has 0 aliphatic rings. The molecule has 4 rings (SSSR count). The molecule has 180 valence electrons. The van der Waals surface area contributed by atoms with Gasteiger partial charge in [-0.15, -0.1) is 10.2 Å². The number of hydrogen-bond donors (Lipinski definition) is 2. The Kier molecular flexibility index (Phi) is 7.20. The fourth-order valence-electron chi connectivity index (χ4n) is 2.92. The second-order valence-electron chi connectivity index (χ2n) is 7.19. The number of nitrogens with one attached hydrogen (secondary N) is 2. The van der Waals surface area contributed by atoms with Gasteiger partial charge in [-0.05, 0) is 49.4 Å². The van der Waals surface area contributed by atoms with Crippen molar-refractivity contribution in [2.75, 3.05) is 17.1 Å². The van der Waals surface area contributed by atoms with Gasteiger partial charge >= 0.3 is 0 Å². The lowest BCUT2D eigenvalue weighted by Gasteiger charge is -2.14. The molecule has 3 aromatic carbocycles. The molecule has 9 nitrogen and oxygen atoms in total. The number of aromatic nitrogens is 2. The maximum absolute atomic E-state index is 13.0. The normalized spacial score (nSPS) is 11.1. The van der Waals surface area contributed by atoms with Crippen molar-refractivity contribution < 1.29 is 22.7 Å². The van der Waals surface area contributed by atoms with Crippen molar-refractivity contribution >= 4 is 49.7 Å². The van der Waals surface area contributed by atoms with Gasteiger partial charge in [0.1, 0.15) is 0 Å². The molecule has 0 saturated carbocycles. The zero-order valence-corrected chi connectivity index (χ0v) is 20.9. The summed E-state index contributed by atoms with van der Waals surface area (Å²) in [5.41, 5.74) is 1.50. The van der Waals surface area contributed by atoms with Gasteiger partial charge in [-0.1, -0.05) is 52.8 Å². The van der Waals surface area contributed by atoms with Gasteiger partial charge < -0.3 is 9.47 Å². The molecular weight excluding hydrogens is 512 g/mol. The molecule has 1 heterocycles. The number of carbonyl (C=O) groups is 1. The minimum absolute atomic E-state index is 0.0348. The number of ether oxygens (including phenoxy) is 2. The molecular formula is C23H19ClN4O5S2. The highest BCUT2D eigenvalue weighted by atomic mass is 35.5. The van der Waals surface area contributed by atoms with E-state index in [1.54, 1.807) is 54.6 Å². The van der Waals surface area contributed by atoms with Crippen LogP contribution in [-0.2, 0) is 10.0 Å². The lowest BCUT2D eigenvalue weighted by atomic mass is 10.1. The van der Waals surface area contributed by atoms with E-state index in [9.17, 15) is 13.2 Å². The summed E-state index contributed by atoms with van der Waals surface area (Å²) in [5, 5.41) is 10.4. The molecule has 0 aliphatic carbocycles. The Morgan fingerprint density at radius 2 is 1.69 bits per heavy atom. The van der Waals surface area contributed by atoms with Crippen molar-refractivity contribution in [3.8, 4) is 17.2 Å². The molecule has 1 amide bonds. The van der Waals surface area contributed by atoms with Gasteiger partial charge in [0, 0.05) is 10.6 Å². The number of amides is 1. The predicted molar refractivity (Wildman–Crippen MR) is 134 cm³/mol. The molecule has 0 radical (unpaired) electrons. The first-order chi connectivity index (χ1) is 16.7. The van der Waals surface area contributed by atoms with Crippen molar-refractivity contribution in [2.45, 2.75) is 11.3 Å². The summed E-state index contributed by atoms with van der Waals surface area (Å²) >= 11 is 6.80. The maximum Gasteiger partial charge on any atom is 0.291 e. The molecule has 0 fully saturated rings. The summed E-state index contributed by atoms with van der Waals surface area (Å²) < 4.78 is 39.3. The number of rotatable bonds is 8. The van der Waals surface area contributed by atoms with Gasteiger partial charge in [-0.3, -0.25) is 14.8 Å². The lowest BCUT2D eigenvalue weighted by Crippen LogP contribution is -2.13. The van der Waals surface area contributed by atoms with Crippen molar-refractivity contribution in [3.63, 3.8) is 0 Å². The summed E-state index contributed by atoms with van der Waals surface area (Å²) in [7, 11) is -2.67. The first-order valence-electron chi connectivity index (χ1n) is 10.1.